The zero-order valence-corrected chi connectivity index (χ0v) is 12.9. The highest BCUT2D eigenvalue weighted by Crippen LogP contribution is 2.10. The third-order valence-corrected chi connectivity index (χ3v) is 4.55. The molecule has 0 aliphatic carbocycles. The Morgan fingerprint density at radius 2 is 1.81 bits per heavy atom. The lowest BCUT2D eigenvalue weighted by Crippen LogP contribution is -2.45. The molecule has 0 aliphatic rings. The number of nitrogens with one attached hydrogen (secondary N) is 2. The summed E-state index contributed by atoms with van der Waals surface area (Å²) in [6.07, 6.45) is -0.180. The first kappa shape index (κ1) is 17.2. The van der Waals surface area contributed by atoms with Crippen molar-refractivity contribution in [3.05, 3.63) is 30.3 Å². The zero-order chi connectivity index (χ0) is 15.9. The van der Waals surface area contributed by atoms with Gasteiger partial charge in [-0.15, -0.1) is 0 Å². The van der Waals surface area contributed by atoms with E-state index in [2.05, 4.69) is 10.6 Å². The Kier molecular flexibility index (Phi) is 6.36. The number of likely N-dealkylation sites (N-methyl/N-ethyl adjacent to an activating group) is 1. The fourth-order valence-corrected chi connectivity index (χ4v) is 2.94. The number of carbonyl (C=O) groups is 2. The maximum atomic E-state index is 12.0. The second-order valence-electron chi connectivity index (χ2n) is 4.57. The van der Waals surface area contributed by atoms with E-state index in [0.29, 0.717) is 6.54 Å². The highest BCUT2D eigenvalue weighted by molar-refractivity contribution is 7.91. The van der Waals surface area contributed by atoms with Gasteiger partial charge in [0.1, 0.15) is 6.04 Å². The SMILES string of the molecule is CCNC(=O)[C@@H](C)NC(=O)CCS(=O)(=O)c1ccccc1. The molecule has 1 rings (SSSR count). The molecule has 0 saturated heterocycles. The summed E-state index contributed by atoms with van der Waals surface area (Å²) in [4.78, 5) is 23.3. The van der Waals surface area contributed by atoms with Gasteiger partial charge in [0.15, 0.2) is 9.84 Å². The summed E-state index contributed by atoms with van der Waals surface area (Å²) in [5.74, 6) is -1.05. The third kappa shape index (κ3) is 5.55. The molecule has 0 heterocycles. The first-order valence-electron chi connectivity index (χ1n) is 6.71. The van der Waals surface area contributed by atoms with E-state index in [1.54, 1.807) is 32.0 Å². The zero-order valence-electron chi connectivity index (χ0n) is 12.1. The monoisotopic (exact) mass is 312 g/mol. The van der Waals surface area contributed by atoms with Crippen LogP contribution in [0.25, 0.3) is 0 Å². The Labute approximate surface area is 124 Å². The molecular weight excluding hydrogens is 292 g/mol. The van der Waals surface area contributed by atoms with E-state index < -0.39 is 21.8 Å². The van der Waals surface area contributed by atoms with Gasteiger partial charge in [0, 0.05) is 13.0 Å². The van der Waals surface area contributed by atoms with Crippen LogP contribution in [-0.4, -0.2) is 38.6 Å². The molecule has 0 unspecified atom stereocenters. The maximum Gasteiger partial charge on any atom is 0.242 e. The van der Waals surface area contributed by atoms with E-state index in [0.717, 1.165) is 0 Å². The molecule has 21 heavy (non-hydrogen) atoms. The summed E-state index contributed by atoms with van der Waals surface area (Å²) in [5.41, 5.74) is 0. The Hall–Kier alpha value is -1.89. The second-order valence-corrected chi connectivity index (χ2v) is 6.67. The molecule has 1 aromatic rings. The highest BCUT2D eigenvalue weighted by Gasteiger charge is 2.18. The van der Waals surface area contributed by atoms with Crippen LogP contribution in [0.2, 0.25) is 0 Å². The van der Waals surface area contributed by atoms with E-state index in [4.69, 9.17) is 0 Å². The molecule has 1 aromatic carbocycles. The summed E-state index contributed by atoms with van der Waals surface area (Å²) in [7, 11) is -3.48. The number of benzene rings is 1. The van der Waals surface area contributed by atoms with Gasteiger partial charge < -0.3 is 10.6 Å². The average molecular weight is 312 g/mol. The van der Waals surface area contributed by atoms with Crippen LogP contribution >= 0.6 is 0 Å². The summed E-state index contributed by atoms with van der Waals surface area (Å²) < 4.78 is 24.0. The van der Waals surface area contributed by atoms with Crippen LogP contribution in [-0.2, 0) is 19.4 Å². The van der Waals surface area contributed by atoms with Crippen LogP contribution < -0.4 is 10.6 Å². The van der Waals surface area contributed by atoms with Crippen LogP contribution in [0.5, 0.6) is 0 Å². The van der Waals surface area contributed by atoms with Gasteiger partial charge in [-0.25, -0.2) is 8.42 Å². The minimum Gasteiger partial charge on any atom is -0.355 e. The number of hydrogen-bond donors (Lipinski definition) is 2. The van der Waals surface area contributed by atoms with Gasteiger partial charge in [-0.2, -0.15) is 0 Å². The lowest BCUT2D eigenvalue weighted by Gasteiger charge is -2.13. The molecule has 6 nitrogen and oxygen atoms in total. The molecule has 1 atom stereocenters. The summed E-state index contributed by atoms with van der Waals surface area (Å²) >= 11 is 0. The van der Waals surface area contributed by atoms with Crippen LogP contribution in [0.15, 0.2) is 35.2 Å². The van der Waals surface area contributed by atoms with E-state index in [-0.39, 0.29) is 23.0 Å². The van der Waals surface area contributed by atoms with Gasteiger partial charge in [-0.3, -0.25) is 9.59 Å². The first-order chi connectivity index (χ1) is 9.86. The Bertz CT molecular complexity index is 584. The molecule has 0 saturated carbocycles. The van der Waals surface area contributed by atoms with Crippen molar-refractivity contribution >= 4 is 21.7 Å². The first-order valence-corrected chi connectivity index (χ1v) is 8.37. The van der Waals surface area contributed by atoms with Gasteiger partial charge in [-0.05, 0) is 26.0 Å². The average Bonchev–Trinajstić information content (AvgIpc) is 2.46. The lowest BCUT2D eigenvalue weighted by atomic mass is 10.3. The second kappa shape index (κ2) is 7.78. The fourth-order valence-electron chi connectivity index (χ4n) is 1.68. The van der Waals surface area contributed by atoms with Crippen molar-refractivity contribution in [2.75, 3.05) is 12.3 Å². The van der Waals surface area contributed by atoms with Crippen molar-refractivity contribution in [1.29, 1.82) is 0 Å². The van der Waals surface area contributed by atoms with Gasteiger partial charge >= 0.3 is 0 Å². The van der Waals surface area contributed by atoms with Gasteiger partial charge in [-0.1, -0.05) is 18.2 Å². The van der Waals surface area contributed by atoms with Crippen LogP contribution in [0.4, 0.5) is 0 Å². The number of amides is 2. The molecule has 0 radical (unpaired) electrons. The Morgan fingerprint density at radius 3 is 2.38 bits per heavy atom. The van der Waals surface area contributed by atoms with Gasteiger partial charge in [0.25, 0.3) is 0 Å². The van der Waals surface area contributed by atoms with Crippen molar-refractivity contribution < 1.29 is 18.0 Å². The van der Waals surface area contributed by atoms with Crippen LogP contribution in [0.3, 0.4) is 0 Å². The topological polar surface area (TPSA) is 92.3 Å². The smallest absolute Gasteiger partial charge is 0.242 e. The molecule has 2 amide bonds. The molecular formula is C14H20N2O4S. The third-order valence-electron chi connectivity index (χ3n) is 2.82. The molecule has 2 N–H and O–H groups in total. The van der Waals surface area contributed by atoms with E-state index in [9.17, 15) is 18.0 Å². The Balaban J connectivity index is 2.52. The van der Waals surface area contributed by atoms with Gasteiger partial charge in [0.2, 0.25) is 11.8 Å². The summed E-state index contributed by atoms with van der Waals surface area (Å²) in [5, 5.41) is 5.05. The highest BCUT2D eigenvalue weighted by atomic mass is 32.2. The number of rotatable bonds is 7. The normalized spacial score (nSPS) is 12.5. The molecule has 0 aromatic heterocycles. The minimum atomic E-state index is -3.48. The van der Waals surface area contributed by atoms with E-state index in [1.165, 1.54) is 12.1 Å². The van der Waals surface area contributed by atoms with Crippen LogP contribution in [0.1, 0.15) is 20.3 Å². The number of hydrogen-bond acceptors (Lipinski definition) is 4. The number of sulfone groups is 1. The molecule has 0 bridgehead atoms. The van der Waals surface area contributed by atoms with Crippen molar-refractivity contribution in [1.82, 2.24) is 10.6 Å². The summed E-state index contributed by atoms with van der Waals surface area (Å²) in [6, 6.07) is 7.28. The molecule has 7 heteroatoms. The van der Waals surface area contributed by atoms with Crippen LogP contribution in [0, 0.1) is 0 Å². The van der Waals surface area contributed by atoms with E-state index in [1.807, 2.05) is 0 Å². The van der Waals surface area contributed by atoms with Crippen molar-refractivity contribution in [3.8, 4) is 0 Å². The van der Waals surface area contributed by atoms with E-state index >= 15 is 0 Å². The molecule has 0 aliphatic heterocycles. The van der Waals surface area contributed by atoms with Gasteiger partial charge in [0.05, 0.1) is 10.6 Å². The molecule has 0 spiro atoms. The van der Waals surface area contributed by atoms with Crippen molar-refractivity contribution in [3.63, 3.8) is 0 Å². The van der Waals surface area contributed by atoms with Crippen molar-refractivity contribution in [2.45, 2.75) is 31.2 Å². The molecule has 0 fully saturated rings. The molecule has 116 valence electrons. The minimum absolute atomic E-state index is 0.180. The fraction of sp³-hybridized carbons (Fsp3) is 0.429. The van der Waals surface area contributed by atoms with Crippen molar-refractivity contribution in [2.24, 2.45) is 0 Å². The predicted molar refractivity (Wildman–Crippen MR) is 79.4 cm³/mol. The largest absolute Gasteiger partial charge is 0.355 e. The maximum absolute atomic E-state index is 12.0. The summed E-state index contributed by atoms with van der Waals surface area (Å²) in [6.45, 7) is 3.80. The standard InChI is InChI=1S/C14H20N2O4S/c1-3-15-14(18)11(2)16-13(17)9-10-21(19,20)12-7-5-4-6-8-12/h4-8,11H,3,9-10H2,1-2H3,(H,15,18)(H,16,17)/t11-/m1/s1. The predicted octanol–water partition coefficient (Wildman–Crippen LogP) is 0.491. The Morgan fingerprint density at radius 1 is 1.19 bits per heavy atom. The number of carbonyl (C=O) groups excluding carboxylic acids is 2. The lowest BCUT2D eigenvalue weighted by molar-refractivity contribution is -0.128. The quantitative estimate of drug-likeness (QED) is 0.766.